The number of aliphatic hydroxyl groups is 3. The highest BCUT2D eigenvalue weighted by Gasteiger charge is 2.78. The molecule has 8 atom stereocenters. The summed E-state index contributed by atoms with van der Waals surface area (Å²) in [6.07, 6.45) is -0.665. The minimum absolute atomic E-state index is 0.0564. The van der Waals surface area contributed by atoms with Crippen molar-refractivity contribution in [3.05, 3.63) is 12.2 Å². The first kappa shape index (κ1) is 17.4. The highest BCUT2D eigenvalue weighted by Crippen LogP contribution is 2.70. The number of carbonyl (C=O) groups is 2. The first-order valence-corrected chi connectivity index (χ1v) is 9.32. The van der Waals surface area contributed by atoms with Gasteiger partial charge in [-0.1, -0.05) is 33.8 Å². The Morgan fingerprint density at radius 1 is 1.08 bits per heavy atom. The lowest BCUT2D eigenvalue weighted by Gasteiger charge is -2.64. The molecule has 0 amide bonds. The number of hydrogen-bond acceptors (Lipinski definition) is 5. The van der Waals surface area contributed by atoms with Crippen LogP contribution in [0.1, 0.15) is 46.5 Å². The lowest BCUT2D eigenvalue weighted by molar-refractivity contribution is -0.229. The van der Waals surface area contributed by atoms with Gasteiger partial charge in [-0.15, -0.1) is 0 Å². The van der Waals surface area contributed by atoms with Crippen molar-refractivity contribution in [3.63, 3.8) is 0 Å². The van der Waals surface area contributed by atoms with Crippen LogP contribution in [0.2, 0.25) is 0 Å². The smallest absolute Gasteiger partial charge is 0.170 e. The summed E-state index contributed by atoms with van der Waals surface area (Å²) in [6, 6.07) is 0. The third kappa shape index (κ3) is 1.70. The minimum atomic E-state index is -1.53. The number of rotatable bonds is 0. The molecule has 3 N–H and O–H groups in total. The van der Waals surface area contributed by atoms with Crippen molar-refractivity contribution in [1.29, 1.82) is 0 Å². The van der Waals surface area contributed by atoms with E-state index < -0.39 is 52.5 Å². The number of aliphatic hydroxyl groups excluding tert-OH is 3. The normalized spacial score (nSPS) is 54.2. The van der Waals surface area contributed by atoms with Crippen LogP contribution in [0.15, 0.2) is 12.2 Å². The maximum absolute atomic E-state index is 13.2. The lowest BCUT2D eigenvalue weighted by Crippen LogP contribution is -2.71. The van der Waals surface area contributed by atoms with E-state index >= 15 is 0 Å². The average molecular weight is 348 g/mol. The van der Waals surface area contributed by atoms with Gasteiger partial charge in [0.15, 0.2) is 11.6 Å². The fourth-order valence-corrected chi connectivity index (χ4v) is 7.23. The van der Waals surface area contributed by atoms with Crippen LogP contribution in [0.5, 0.6) is 0 Å². The first-order chi connectivity index (χ1) is 11.5. The van der Waals surface area contributed by atoms with Crippen LogP contribution in [0.25, 0.3) is 0 Å². The third-order valence-corrected chi connectivity index (χ3v) is 8.26. The molecule has 5 heteroatoms. The van der Waals surface area contributed by atoms with Gasteiger partial charge in [-0.3, -0.25) is 9.59 Å². The second-order valence-electron chi connectivity index (χ2n) is 9.69. The van der Waals surface area contributed by atoms with Crippen molar-refractivity contribution in [3.8, 4) is 0 Å². The molecule has 4 rings (SSSR count). The van der Waals surface area contributed by atoms with Crippen molar-refractivity contribution < 1.29 is 24.9 Å². The number of carbonyl (C=O) groups excluding carboxylic acids is 2. The van der Waals surface area contributed by atoms with Crippen molar-refractivity contribution in [2.24, 2.45) is 34.0 Å². The summed E-state index contributed by atoms with van der Waals surface area (Å²) in [5, 5.41) is 32.6. The Bertz CT molecular complexity index is 682. The molecule has 0 aromatic rings. The van der Waals surface area contributed by atoms with E-state index in [1.54, 1.807) is 0 Å². The van der Waals surface area contributed by atoms with Gasteiger partial charge >= 0.3 is 0 Å². The number of Topliss-reactive ketones (excluding diaryl/α,β-unsaturated/α-hetero) is 2. The van der Waals surface area contributed by atoms with Crippen molar-refractivity contribution in [2.75, 3.05) is 0 Å². The molecule has 0 saturated heterocycles. The molecule has 0 heterocycles. The predicted octanol–water partition coefficient (Wildman–Crippen LogP) is 1.25. The molecule has 4 aliphatic carbocycles. The number of fused-ring (bicyclic) bond motifs is 3. The van der Waals surface area contributed by atoms with Crippen molar-refractivity contribution in [1.82, 2.24) is 0 Å². The lowest BCUT2D eigenvalue weighted by atomic mass is 9.39. The van der Waals surface area contributed by atoms with Crippen LogP contribution in [-0.4, -0.2) is 45.2 Å². The quantitative estimate of drug-likeness (QED) is 0.573. The van der Waals surface area contributed by atoms with Crippen LogP contribution >= 0.6 is 0 Å². The van der Waals surface area contributed by atoms with Crippen LogP contribution in [0.3, 0.4) is 0 Å². The molecule has 138 valence electrons. The molecule has 0 aromatic heterocycles. The van der Waals surface area contributed by atoms with Gasteiger partial charge in [0, 0.05) is 11.8 Å². The highest BCUT2D eigenvalue weighted by molar-refractivity contribution is 6.11. The molecule has 0 aliphatic heterocycles. The maximum atomic E-state index is 13.2. The molecule has 4 saturated carbocycles. The van der Waals surface area contributed by atoms with E-state index in [2.05, 4.69) is 20.4 Å². The van der Waals surface area contributed by atoms with E-state index in [1.807, 2.05) is 6.92 Å². The summed E-state index contributed by atoms with van der Waals surface area (Å²) in [5.74, 6) is -2.60. The van der Waals surface area contributed by atoms with Gasteiger partial charge in [0.2, 0.25) is 0 Å². The van der Waals surface area contributed by atoms with Crippen molar-refractivity contribution >= 4 is 11.6 Å². The maximum Gasteiger partial charge on any atom is 0.170 e. The van der Waals surface area contributed by atoms with E-state index in [1.165, 1.54) is 0 Å². The van der Waals surface area contributed by atoms with Crippen LogP contribution < -0.4 is 0 Å². The van der Waals surface area contributed by atoms with Crippen LogP contribution in [0, 0.1) is 34.0 Å². The zero-order valence-corrected chi connectivity index (χ0v) is 15.2. The van der Waals surface area contributed by atoms with Crippen LogP contribution in [-0.2, 0) is 9.59 Å². The molecular formula is C20H28O5. The summed E-state index contributed by atoms with van der Waals surface area (Å²) < 4.78 is 0. The molecule has 4 fully saturated rings. The first-order valence-electron chi connectivity index (χ1n) is 9.32. The molecule has 1 spiro atoms. The number of hydrogen-bond donors (Lipinski definition) is 3. The minimum Gasteiger partial charge on any atom is -0.392 e. The zero-order valence-electron chi connectivity index (χ0n) is 15.2. The van der Waals surface area contributed by atoms with Gasteiger partial charge in [-0.2, -0.15) is 0 Å². The standard InChI is InChI=1S/C20H28O5/c1-9-12-13(22)14(23)15-19(4)7-5-6-18(2,3)10(19)8-11(21)20(15,16(9)24)17(12)25/h10-13,15,17,21-22,25H,1,5-8H2,2-4H3/t10-,11-,12-,13-,15+,17-,19-,20-/m1/s1. The summed E-state index contributed by atoms with van der Waals surface area (Å²) in [5.41, 5.74) is -2.03. The number of ketones is 2. The second kappa shape index (κ2) is 4.81. The molecule has 4 aliphatic rings. The van der Waals surface area contributed by atoms with E-state index in [9.17, 15) is 24.9 Å². The van der Waals surface area contributed by atoms with Gasteiger partial charge in [-0.25, -0.2) is 0 Å². The fraction of sp³-hybridized carbons (Fsp3) is 0.800. The molecule has 0 unspecified atom stereocenters. The Kier molecular flexibility index (Phi) is 3.35. The Morgan fingerprint density at radius 3 is 2.36 bits per heavy atom. The van der Waals surface area contributed by atoms with Gasteiger partial charge in [0.25, 0.3) is 0 Å². The SMILES string of the molecule is C=C1C(=O)[C@@]23[C@H](O)C[C@@H]4C(C)(C)CCC[C@@]4(C)[C@@H]2C(=O)[C@H](O)[C@@H]1[C@H]3O. The molecule has 0 radical (unpaired) electrons. The van der Waals surface area contributed by atoms with E-state index in [4.69, 9.17) is 0 Å². The second-order valence-corrected chi connectivity index (χ2v) is 9.69. The molecular weight excluding hydrogens is 320 g/mol. The predicted molar refractivity (Wildman–Crippen MR) is 90.4 cm³/mol. The fourth-order valence-electron chi connectivity index (χ4n) is 7.23. The average Bonchev–Trinajstić information content (AvgIpc) is 2.66. The molecule has 2 bridgehead atoms. The van der Waals surface area contributed by atoms with E-state index in [-0.39, 0.29) is 16.9 Å². The molecule has 0 aromatic carbocycles. The van der Waals surface area contributed by atoms with Gasteiger partial charge in [0.05, 0.1) is 17.6 Å². The Balaban J connectivity index is 1.96. The largest absolute Gasteiger partial charge is 0.392 e. The topological polar surface area (TPSA) is 94.8 Å². The molecule has 5 nitrogen and oxygen atoms in total. The monoisotopic (exact) mass is 348 g/mol. The molecule has 25 heavy (non-hydrogen) atoms. The summed E-state index contributed by atoms with van der Waals surface area (Å²) in [7, 11) is 0. The van der Waals surface area contributed by atoms with Gasteiger partial charge < -0.3 is 15.3 Å². The summed E-state index contributed by atoms with van der Waals surface area (Å²) in [4.78, 5) is 26.4. The highest BCUT2D eigenvalue weighted by atomic mass is 16.3. The van der Waals surface area contributed by atoms with E-state index in [0.29, 0.717) is 6.42 Å². The van der Waals surface area contributed by atoms with Gasteiger partial charge in [0.1, 0.15) is 6.10 Å². The van der Waals surface area contributed by atoms with Crippen molar-refractivity contribution in [2.45, 2.75) is 64.8 Å². The Labute approximate surface area is 148 Å². The Morgan fingerprint density at radius 2 is 1.72 bits per heavy atom. The summed E-state index contributed by atoms with van der Waals surface area (Å²) >= 11 is 0. The summed E-state index contributed by atoms with van der Waals surface area (Å²) in [6.45, 7) is 10.1. The third-order valence-electron chi connectivity index (χ3n) is 8.26. The van der Waals surface area contributed by atoms with Crippen LogP contribution in [0.4, 0.5) is 0 Å². The Hall–Kier alpha value is -1.04. The zero-order chi connectivity index (χ0) is 18.5. The van der Waals surface area contributed by atoms with Gasteiger partial charge in [-0.05, 0) is 41.6 Å². The van der Waals surface area contributed by atoms with E-state index in [0.717, 1.165) is 19.3 Å².